The summed E-state index contributed by atoms with van der Waals surface area (Å²) in [5.74, 6) is 2.34. The molecule has 0 atom stereocenters. The minimum atomic E-state index is -0.0874. The van der Waals surface area contributed by atoms with E-state index in [1.165, 1.54) is 16.4 Å². The molecule has 3 heterocycles. The van der Waals surface area contributed by atoms with Crippen LogP contribution < -0.4 is 10.6 Å². The van der Waals surface area contributed by atoms with Crippen LogP contribution in [0.5, 0.6) is 0 Å². The molecule has 0 aromatic carbocycles. The van der Waals surface area contributed by atoms with E-state index in [2.05, 4.69) is 62.0 Å². The highest BCUT2D eigenvalue weighted by molar-refractivity contribution is 7.99. The molecule has 1 amide bonds. The van der Waals surface area contributed by atoms with E-state index in [0.29, 0.717) is 24.2 Å². The van der Waals surface area contributed by atoms with Crippen LogP contribution in [0.25, 0.3) is 11.0 Å². The molecular weight excluding hydrogens is 424 g/mol. The molecule has 0 radical (unpaired) electrons. The molecule has 0 spiro atoms. The lowest BCUT2D eigenvalue weighted by Gasteiger charge is -2.11. The van der Waals surface area contributed by atoms with Gasteiger partial charge < -0.3 is 10.6 Å². The lowest BCUT2D eigenvalue weighted by molar-refractivity contribution is -0.118. The van der Waals surface area contributed by atoms with Crippen molar-refractivity contribution in [2.45, 2.75) is 37.6 Å². The number of thioether (sulfide) groups is 2. The molecule has 162 valence electrons. The van der Waals surface area contributed by atoms with E-state index in [-0.39, 0.29) is 11.7 Å². The normalized spacial score (nSPS) is 11.4. The van der Waals surface area contributed by atoms with Crippen LogP contribution in [0.3, 0.4) is 0 Å². The number of aromatic nitrogens is 8. The van der Waals surface area contributed by atoms with Gasteiger partial charge in [0.05, 0.1) is 23.9 Å². The molecule has 0 fully saturated rings. The molecular formula is C17H26N10OS2. The van der Waals surface area contributed by atoms with Gasteiger partial charge in [0.1, 0.15) is 5.82 Å². The number of aryl methyl sites for hydroxylation is 1. The molecule has 0 bridgehead atoms. The Bertz CT molecular complexity index is 986. The Morgan fingerprint density at radius 1 is 1.27 bits per heavy atom. The summed E-state index contributed by atoms with van der Waals surface area (Å²) < 4.78 is 3.33. The van der Waals surface area contributed by atoms with Crippen molar-refractivity contribution in [2.24, 2.45) is 13.0 Å². The van der Waals surface area contributed by atoms with Crippen LogP contribution >= 0.6 is 23.5 Å². The summed E-state index contributed by atoms with van der Waals surface area (Å²) in [6, 6.07) is 0. The zero-order valence-corrected chi connectivity index (χ0v) is 19.1. The maximum Gasteiger partial charge on any atom is 0.230 e. The van der Waals surface area contributed by atoms with Gasteiger partial charge in [-0.3, -0.25) is 4.79 Å². The standard InChI is InChI=1S/C17H26N10OS2/c1-5-29-16-21-14(19-8-11(2)3)12-9-20-27(15(12)22-16)7-6-18-13(28)10-30-17-23-24-25-26(17)4/h9,11H,5-8,10H2,1-4H3,(H,18,28)(H,19,21,22). The highest BCUT2D eigenvalue weighted by Crippen LogP contribution is 2.24. The number of carbonyl (C=O) groups excluding carboxylic acids is 1. The molecule has 0 aliphatic carbocycles. The average molecular weight is 451 g/mol. The zero-order valence-electron chi connectivity index (χ0n) is 17.5. The van der Waals surface area contributed by atoms with Crippen LogP contribution in [0.4, 0.5) is 5.82 Å². The molecule has 3 aromatic heterocycles. The van der Waals surface area contributed by atoms with E-state index in [4.69, 9.17) is 0 Å². The number of fused-ring (bicyclic) bond motifs is 1. The van der Waals surface area contributed by atoms with Crippen molar-refractivity contribution in [3.8, 4) is 0 Å². The van der Waals surface area contributed by atoms with Crippen molar-refractivity contribution in [3.63, 3.8) is 0 Å². The average Bonchev–Trinajstić information content (AvgIpc) is 3.31. The van der Waals surface area contributed by atoms with Crippen LogP contribution in [0.2, 0.25) is 0 Å². The quantitative estimate of drug-likeness (QED) is 0.327. The first-order valence-electron chi connectivity index (χ1n) is 9.70. The second-order valence-corrected chi connectivity index (χ2v) is 9.06. The maximum atomic E-state index is 12.1. The van der Waals surface area contributed by atoms with Gasteiger partial charge in [0.15, 0.2) is 10.8 Å². The molecule has 0 saturated heterocycles. The fourth-order valence-electron chi connectivity index (χ4n) is 2.55. The fraction of sp³-hybridized carbons (Fsp3) is 0.588. The zero-order chi connectivity index (χ0) is 21.5. The first-order chi connectivity index (χ1) is 14.5. The molecule has 2 N–H and O–H groups in total. The summed E-state index contributed by atoms with van der Waals surface area (Å²) in [4.78, 5) is 21.4. The van der Waals surface area contributed by atoms with Crippen molar-refractivity contribution < 1.29 is 4.79 Å². The smallest absolute Gasteiger partial charge is 0.230 e. The summed E-state index contributed by atoms with van der Waals surface area (Å²) >= 11 is 2.88. The topological polar surface area (TPSA) is 128 Å². The van der Waals surface area contributed by atoms with Crippen molar-refractivity contribution in [3.05, 3.63) is 6.20 Å². The third kappa shape index (κ3) is 5.81. The van der Waals surface area contributed by atoms with E-state index in [1.54, 1.807) is 29.7 Å². The summed E-state index contributed by atoms with van der Waals surface area (Å²) in [5, 5.41) is 24.1. The van der Waals surface area contributed by atoms with E-state index in [1.807, 2.05) is 0 Å². The van der Waals surface area contributed by atoms with Crippen LogP contribution in [-0.2, 0) is 18.4 Å². The molecule has 13 heteroatoms. The lowest BCUT2D eigenvalue weighted by Crippen LogP contribution is -2.29. The predicted octanol–water partition coefficient (Wildman–Crippen LogP) is 1.44. The van der Waals surface area contributed by atoms with Gasteiger partial charge in [-0.2, -0.15) is 5.10 Å². The molecule has 30 heavy (non-hydrogen) atoms. The SMILES string of the molecule is CCSc1nc(NCC(C)C)c2cnn(CCNC(=O)CSc3nnnn3C)c2n1. The highest BCUT2D eigenvalue weighted by atomic mass is 32.2. The fourth-order valence-corrected chi connectivity index (χ4v) is 3.80. The van der Waals surface area contributed by atoms with Gasteiger partial charge >= 0.3 is 0 Å². The minimum absolute atomic E-state index is 0.0874. The number of hydrogen-bond donors (Lipinski definition) is 2. The van der Waals surface area contributed by atoms with Crippen LogP contribution in [0, 0.1) is 5.92 Å². The third-order valence-electron chi connectivity index (χ3n) is 3.99. The highest BCUT2D eigenvalue weighted by Gasteiger charge is 2.14. The van der Waals surface area contributed by atoms with Crippen molar-refractivity contribution in [1.29, 1.82) is 0 Å². The van der Waals surface area contributed by atoms with Crippen molar-refractivity contribution in [2.75, 3.05) is 29.9 Å². The minimum Gasteiger partial charge on any atom is -0.369 e. The number of rotatable bonds is 11. The Balaban J connectivity index is 1.62. The Kier molecular flexibility index (Phi) is 7.85. The molecule has 3 rings (SSSR count). The maximum absolute atomic E-state index is 12.1. The third-order valence-corrected chi connectivity index (χ3v) is 5.73. The Morgan fingerprint density at radius 2 is 2.10 bits per heavy atom. The summed E-state index contributed by atoms with van der Waals surface area (Å²) in [6.07, 6.45) is 1.77. The second kappa shape index (κ2) is 10.6. The monoisotopic (exact) mass is 450 g/mol. The molecule has 11 nitrogen and oxygen atoms in total. The van der Waals surface area contributed by atoms with E-state index < -0.39 is 0 Å². The molecule has 0 aliphatic rings. The largest absolute Gasteiger partial charge is 0.369 e. The Hall–Kier alpha value is -2.41. The number of nitrogens with one attached hydrogen (secondary N) is 2. The van der Waals surface area contributed by atoms with E-state index in [0.717, 1.165) is 34.3 Å². The number of anilines is 1. The van der Waals surface area contributed by atoms with E-state index >= 15 is 0 Å². The Morgan fingerprint density at radius 3 is 2.80 bits per heavy atom. The molecule has 3 aromatic rings. The van der Waals surface area contributed by atoms with Crippen LogP contribution in [0.15, 0.2) is 16.5 Å². The van der Waals surface area contributed by atoms with Gasteiger partial charge in [0.2, 0.25) is 11.1 Å². The van der Waals surface area contributed by atoms with Gasteiger partial charge in [-0.25, -0.2) is 19.3 Å². The van der Waals surface area contributed by atoms with Gasteiger partial charge in [0.25, 0.3) is 0 Å². The van der Waals surface area contributed by atoms with Gasteiger partial charge in [0, 0.05) is 20.1 Å². The number of hydrogen-bond acceptors (Lipinski definition) is 10. The number of amides is 1. The Labute approximate surface area is 183 Å². The summed E-state index contributed by atoms with van der Waals surface area (Å²) in [6.45, 7) is 8.16. The first-order valence-corrected chi connectivity index (χ1v) is 11.7. The van der Waals surface area contributed by atoms with Gasteiger partial charge in [-0.15, -0.1) is 5.10 Å². The summed E-state index contributed by atoms with van der Waals surface area (Å²) in [7, 11) is 1.74. The number of carbonyl (C=O) groups is 1. The molecule has 0 unspecified atom stereocenters. The molecule has 0 aliphatic heterocycles. The summed E-state index contributed by atoms with van der Waals surface area (Å²) in [5.41, 5.74) is 0.765. The lowest BCUT2D eigenvalue weighted by atomic mass is 10.2. The van der Waals surface area contributed by atoms with Crippen LogP contribution in [-0.4, -0.2) is 70.5 Å². The predicted molar refractivity (Wildman–Crippen MR) is 118 cm³/mol. The van der Waals surface area contributed by atoms with Crippen molar-refractivity contribution in [1.82, 2.24) is 45.3 Å². The van der Waals surface area contributed by atoms with Gasteiger partial charge in [-0.05, 0) is 22.1 Å². The van der Waals surface area contributed by atoms with Crippen molar-refractivity contribution >= 4 is 46.3 Å². The number of nitrogens with zero attached hydrogens (tertiary/aromatic N) is 8. The first kappa shape index (κ1) is 22.3. The molecule has 0 saturated carbocycles. The number of tetrazole rings is 1. The van der Waals surface area contributed by atoms with Crippen LogP contribution in [0.1, 0.15) is 20.8 Å². The van der Waals surface area contributed by atoms with Gasteiger partial charge in [-0.1, -0.05) is 44.3 Å². The second-order valence-electron chi connectivity index (χ2n) is 6.89. The van der Waals surface area contributed by atoms with E-state index in [9.17, 15) is 4.79 Å².